The van der Waals surface area contributed by atoms with Gasteiger partial charge in [-0.15, -0.1) is 0 Å². The Morgan fingerprint density at radius 3 is 2.15 bits per heavy atom. The van der Waals surface area contributed by atoms with Crippen LogP contribution in [0.15, 0.2) is 6.20 Å². The van der Waals surface area contributed by atoms with E-state index in [-0.39, 0.29) is 6.54 Å². The highest BCUT2D eigenvalue weighted by Gasteiger charge is 2.61. The number of hydrogen-bond acceptors (Lipinski definition) is 2. The van der Waals surface area contributed by atoms with Gasteiger partial charge in [-0.2, -0.15) is 31.4 Å². The molecule has 1 N–H and O–H groups in total. The maximum Gasteiger partial charge on any atom is 0.403 e. The zero-order valence-electron chi connectivity index (χ0n) is 10.1. The summed E-state index contributed by atoms with van der Waals surface area (Å²) in [5.74, 6) is -3.92. The number of aromatic nitrogens is 2. The van der Waals surface area contributed by atoms with Crippen LogP contribution in [0.5, 0.6) is 0 Å². The molecule has 0 aromatic carbocycles. The van der Waals surface area contributed by atoms with Crippen molar-refractivity contribution in [2.75, 3.05) is 0 Å². The molecule has 0 saturated heterocycles. The van der Waals surface area contributed by atoms with E-state index in [9.17, 15) is 31.4 Å². The van der Waals surface area contributed by atoms with Crippen molar-refractivity contribution in [3.8, 4) is 0 Å². The quantitative estimate of drug-likeness (QED) is 0.857. The van der Waals surface area contributed by atoms with Gasteiger partial charge in [0.1, 0.15) is 6.10 Å². The fourth-order valence-corrected chi connectivity index (χ4v) is 2.01. The minimum Gasteiger partial charge on any atom is -0.386 e. The minimum absolute atomic E-state index is 0.0432. The normalized spacial score (nSPS) is 14.9. The molecule has 1 aromatic heterocycles. The number of nitrogens with zero attached hydrogens (tertiary/aromatic N) is 2. The molecule has 0 aliphatic carbocycles. The van der Waals surface area contributed by atoms with Gasteiger partial charge < -0.3 is 5.11 Å². The zero-order valence-corrected chi connectivity index (χ0v) is 10.9. The van der Waals surface area contributed by atoms with Gasteiger partial charge in [0, 0.05) is 6.54 Å². The van der Waals surface area contributed by atoms with Crippen LogP contribution in [0.4, 0.5) is 26.3 Å². The summed E-state index contributed by atoms with van der Waals surface area (Å²) in [5.41, 5.74) is -0.687. The third-order valence-electron chi connectivity index (χ3n) is 2.57. The molecule has 0 aliphatic heterocycles. The predicted octanol–water partition coefficient (Wildman–Crippen LogP) is 3.72. The third-order valence-corrected chi connectivity index (χ3v) is 2.86. The summed E-state index contributed by atoms with van der Waals surface area (Å²) >= 11 is 5.54. The lowest BCUT2D eigenvalue weighted by Gasteiger charge is -2.27. The Hall–Kier alpha value is -0.960. The van der Waals surface area contributed by atoms with Crippen molar-refractivity contribution in [1.82, 2.24) is 9.78 Å². The Morgan fingerprint density at radius 2 is 1.75 bits per heavy atom. The van der Waals surface area contributed by atoms with Gasteiger partial charge in [-0.1, -0.05) is 18.5 Å². The third kappa shape index (κ3) is 3.57. The van der Waals surface area contributed by atoms with Crippen molar-refractivity contribution < 1.29 is 31.4 Å². The van der Waals surface area contributed by atoms with E-state index in [0.717, 1.165) is 10.9 Å². The molecule has 1 rings (SSSR count). The molecule has 1 unspecified atom stereocenters. The van der Waals surface area contributed by atoms with Gasteiger partial charge in [0.25, 0.3) is 0 Å². The molecule has 10 heteroatoms. The summed E-state index contributed by atoms with van der Waals surface area (Å²) in [6.45, 7) is 1.69. The highest BCUT2D eigenvalue weighted by molar-refractivity contribution is 6.31. The van der Waals surface area contributed by atoms with Crippen molar-refractivity contribution >= 4 is 11.6 Å². The van der Waals surface area contributed by atoms with Crippen LogP contribution in [-0.4, -0.2) is 27.2 Å². The van der Waals surface area contributed by atoms with Gasteiger partial charge >= 0.3 is 12.4 Å². The fraction of sp³-hybridized carbons (Fsp3) is 0.700. The van der Waals surface area contributed by atoms with Gasteiger partial charge in [-0.05, 0) is 6.42 Å². The molecule has 116 valence electrons. The lowest BCUT2D eigenvalue weighted by molar-refractivity contribution is -0.308. The monoisotopic (exact) mass is 324 g/mol. The first-order valence-electron chi connectivity index (χ1n) is 5.52. The molecule has 0 spiro atoms. The molecule has 1 atom stereocenters. The number of aliphatic hydroxyl groups excluding tert-OH is 1. The van der Waals surface area contributed by atoms with Crippen LogP contribution in [0.1, 0.15) is 25.1 Å². The van der Waals surface area contributed by atoms with E-state index in [1.54, 1.807) is 6.92 Å². The summed E-state index contributed by atoms with van der Waals surface area (Å²) in [4.78, 5) is 0. The van der Waals surface area contributed by atoms with Crippen molar-refractivity contribution in [3.05, 3.63) is 16.9 Å². The number of hydrogen-bond donors (Lipinski definition) is 1. The standard InChI is InChI=1S/C10H11ClF6N2O/c1-2-3-19-6(5(11)4-18-19)7(20)8(9(12,13)14)10(15,16)17/h4,7-8,20H,2-3H2,1H3. The molecule has 20 heavy (non-hydrogen) atoms. The number of aliphatic hydroxyl groups is 1. The van der Waals surface area contributed by atoms with Crippen molar-refractivity contribution in [1.29, 1.82) is 0 Å². The highest BCUT2D eigenvalue weighted by atomic mass is 35.5. The summed E-state index contributed by atoms with van der Waals surface area (Å²) in [5, 5.41) is 12.7. The van der Waals surface area contributed by atoms with Gasteiger partial charge in [0.05, 0.1) is 16.9 Å². The van der Waals surface area contributed by atoms with Crippen LogP contribution in [0.3, 0.4) is 0 Å². The van der Waals surface area contributed by atoms with Crippen LogP contribution >= 0.6 is 11.6 Å². The minimum atomic E-state index is -5.65. The number of alkyl halides is 6. The second kappa shape index (κ2) is 5.80. The Kier molecular flexibility index (Phi) is 4.96. The Labute approximate surface area is 115 Å². The first-order chi connectivity index (χ1) is 9.00. The van der Waals surface area contributed by atoms with Crippen molar-refractivity contribution in [2.45, 2.75) is 38.3 Å². The molecule has 0 saturated carbocycles. The molecule has 3 nitrogen and oxygen atoms in total. The summed E-state index contributed by atoms with van der Waals surface area (Å²) in [6, 6.07) is 0. The fourth-order valence-electron chi connectivity index (χ4n) is 1.76. The second-order valence-electron chi connectivity index (χ2n) is 4.11. The maximum absolute atomic E-state index is 12.6. The van der Waals surface area contributed by atoms with Crippen LogP contribution in [0.2, 0.25) is 5.02 Å². The SMILES string of the molecule is CCCn1ncc(Cl)c1C(O)C(C(F)(F)F)C(F)(F)F. The van der Waals surface area contributed by atoms with E-state index in [1.165, 1.54) is 0 Å². The molecule has 0 radical (unpaired) electrons. The van der Waals surface area contributed by atoms with Gasteiger partial charge in [0.15, 0.2) is 5.92 Å². The van der Waals surface area contributed by atoms with E-state index in [0.29, 0.717) is 6.42 Å². The highest BCUT2D eigenvalue weighted by Crippen LogP contribution is 2.47. The predicted molar refractivity (Wildman–Crippen MR) is 58.1 cm³/mol. The lowest BCUT2D eigenvalue weighted by atomic mass is 9.98. The van der Waals surface area contributed by atoms with Crippen LogP contribution in [0, 0.1) is 5.92 Å². The molecule has 0 amide bonds. The zero-order chi connectivity index (χ0) is 15.7. The average Bonchev–Trinajstić information content (AvgIpc) is 2.55. The first-order valence-corrected chi connectivity index (χ1v) is 5.90. The molecule has 1 aromatic rings. The van der Waals surface area contributed by atoms with Gasteiger partial charge in [-0.3, -0.25) is 4.68 Å². The largest absolute Gasteiger partial charge is 0.403 e. The van der Waals surface area contributed by atoms with Crippen molar-refractivity contribution in [3.63, 3.8) is 0 Å². The number of aryl methyl sites for hydroxylation is 1. The molecule has 0 fully saturated rings. The lowest BCUT2D eigenvalue weighted by Crippen LogP contribution is -2.41. The van der Waals surface area contributed by atoms with Crippen LogP contribution in [-0.2, 0) is 6.54 Å². The summed E-state index contributed by atoms with van der Waals surface area (Å²) in [7, 11) is 0. The topological polar surface area (TPSA) is 38.0 Å². The smallest absolute Gasteiger partial charge is 0.386 e. The van der Waals surface area contributed by atoms with Crippen LogP contribution < -0.4 is 0 Å². The second-order valence-corrected chi connectivity index (χ2v) is 4.51. The van der Waals surface area contributed by atoms with E-state index < -0.39 is 35.1 Å². The molecular weight excluding hydrogens is 314 g/mol. The van der Waals surface area contributed by atoms with Crippen molar-refractivity contribution in [2.24, 2.45) is 5.92 Å². The number of halogens is 7. The Balaban J connectivity index is 3.26. The molecule has 0 bridgehead atoms. The van der Waals surface area contributed by atoms with Gasteiger partial charge in [0.2, 0.25) is 0 Å². The molecule has 1 heterocycles. The Morgan fingerprint density at radius 1 is 1.25 bits per heavy atom. The van der Waals surface area contributed by atoms with Crippen LogP contribution in [0.25, 0.3) is 0 Å². The number of rotatable bonds is 4. The Bertz CT molecular complexity index is 442. The molecule has 0 aliphatic rings. The average molecular weight is 325 g/mol. The summed E-state index contributed by atoms with van der Waals surface area (Å²) < 4.78 is 76.2. The van der Waals surface area contributed by atoms with E-state index >= 15 is 0 Å². The van der Waals surface area contributed by atoms with E-state index in [1.807, 2.05) is 0 Å². The van der Waals surface area contributed by atoms with Gasteiger partial charge in [-0.25, -0.2) is 0 Å². The molecular formula is C10H11ClF6N2O. The first kappa shape index (κ1) is 17.1. The van der Waals surface area contributed by atoms with E-state index in [2.05, 4.69) is 5.10 Å². The maximum atomic E-state index is 12.6. The summed E-state index contributed by atoms with van der Waals surface area (Å²) in [6.07, 6.45) is -12.9. The van der Waals surface area contributed by atoms with E-state index in [4.69, 9.17) is 11.6 Å².